The Hall–Kier alpha value is -1.64. The van der Waals surface area contributed by atoms with Crippen LogP contribution in [0.5, 0.6) is 0 Å². The Morgan fingerprint density at radius 3 is 2.71 bits per heavy atom. The van der Waals surface area contributed by atoms with Crippen LogP contribution in [0.2, 0.25) is 0 Å². The van der Waals surface area contributed by atoms with Crippen LogP contribution < -0.4 is 0 Å². The fourth-order valence-corrected chi connectivity index (χ4v) is 1.41. The van der Waals surface area contributed by atoms with Crippen molar-refractivity contribution in [3.63, 3.8) is 0 Å². The molecule has 0 radical (unpaired) electrons. The quantitative estimate of drug-likeness (QED) is 0.675. The van der Waals surface area contributed by atoms with Gasteiger partial charge < -0.3 is 4.57 Å². The molecule has 0 bridgehead atoms. The topological polar surface area (TPSA) is 17.8 Å². The zero-order chi connectivity index (χ0) is 10.1. The molecule has 1 aromatic carbocycles. The van der Waals surface area contributed by atoms with Gasteiger partial charge in [0.1, 0.15) is 5.82 Å². The van der Waals surface area contributed by atoms with Crippen LogP contribution in [0.3, 0.4) is 0 Å². The molecule has 72 valence electrons. The third kappa shape index (κ3) is 1.41. The van der Waals surface area contributed by atoms with Crippen molar-refractivity contribution >= 4 is 0 Å². The minimum Gasteiger partial charge on any atom is -0.337 e. The average molecular weight is 190 g/mol. The smallest absolute Gasteiger partial charge is 0.123 e. The summed E-state index contributed by atoms with van der Waals surface area (Å²) in [6, 6.07) is 6.48. The molecule has 3 heteroatoms. The van der Waals surface area contributed by atoms with Gasteiger partial charge in [0.25, 0.3) is 0 Å². The molecule has 0 spiro atoms. The van der Waals surface area contributed by atoms with E-state index >= 15 is 0 Å². The van der Waals surface area contributed by atoms with Gasteiger partial charge in [-0.1, -0.05) is 12.1 Å². The van der Waals surface area contributed by atoms with Crippen LogP contribution in [-0.2, 0) is 7.05 Å². The molecule has 1 aromatic heterocycles. The first kappa shape index (κ1) is 8.94. The molecule has 0 N–H and O–H groups in total. The molecule has 0 aliphatic heterocycles. The van der Waals surface area contributed by atoms with Gasteiger partial charge in [-0.05, 0) is 19.1 Å². The number of halogens is 1. The lowest BCUT2D eigenvalue weighted by molar-refractivity contribution is 0.628. The second-order valence-corrected chi connectivity index (χ2v) is 3.30. The lowest BCUT2D eigenvalue weighted by atomic mass is 10.1. The summed E-state index contributed by atoms with van der Waals surface area (Å²) in [5.74, 6) is -0.229. The van der Waals surface area contributed by atoms with Gasteiger partial charge in [-0.2, -0.15) is 0 Å². The van der Waals surface area contributed by atoms with Crippen molar-refractivity contribution in [3.05, 3.63) is 42.1 Å². The number of hydrogen-bond acceptors (Lipinski definition) is 1. The van der Waals surface area contributed by atoms with Crippen LogP contribution in [-0.4, -0.2) is 9.55 Å². The fraction of sp³-hybridized carbons (Fsp3) is 0.182. The molecule has 14 heavy (non-hydrogen) atoms. The van der Waals surface area contributed by atoms with Gasteiger partial charge in [-0.25, -0.2) is 9.37 Å². The van der Waals surface area contributed by atoms with E-state index < -0.39 is 0 Å². The highest BCUT2D eigenvalue weighted by Gasteiger charge is 2.06. The maximum absolute atomic E-state index is 13.0. The van der Waals surface area contributed by atoms with E-state index in [9.17, 15) is 4.39 Å². The van der Waals surface area contributed by atoms with E-state index in [4.69, 9.17) is 0 Å². The van der Waals surface area contributed by atoms with Crippen molar-refractivity contribution in [2.24, 2.45) is 7.05 Å². The number of hydrogen-bond donors (Lipinski definition) is 0. The molecular weight excluding hydrogens is 179 g/mol. The number of nitrogens with zero attached hydrogens (tertiary/aromatic N) is 2. The third-order valence-electron chi connectivity index (χ3n) is 2.33. The minimum atomic E-state index is -0.229. The second kappa shape index (κ2) is 3.25. The van der Waals surface area contributed by atoms with Crippen molar-refractivity contribution in [3.8, 4) is 11.3 Å². The molecule has 2 nitrogen and oxygen atoms in total. The van der Waals surface area contributed by atoms with E-state index in [0.717, 1.165) is 17.0 Å². The Morgan fingerprint density at radius 1 is 1.36 bits per heavy atom. The Kier molecular flexibility index (Phi) is 2.08. The predicted molar refractivity (Wildman–Crippen MR) is 53.3 cm³/mol. The lowest BCUT2D eigenvalue weighted by Crippen LogP contribution is -1.89. The standard InChI is InChI=1S/C11H11FN2/c1-8-11(13-7-14(8)2)9-4-3-5-10(12)6-9/h3-7H,1-2H3. The number of aromatic nitrogens is 2. The third-order valence-corrected chi connectivity index (χ3v) is 2.33. The molecule has 2 aromatic rings. The van der Waals surface area contributed by atoms with Crippen molar-refractivity contribution in [2.75, 3.05) is 0 Å². The highest BCUT2D eigenvalue weighted by molar-refractivity contribution is 5.61. The molecule has 0 saturated heterocycles. The molecule has 0 amide bonds. The first-order valence-electron chi connectivity index (χ1n) is 4.42. The molecule has 1 heterocycles. The van der Waals surface area contributed by atoms with Gasteiger partial charge in [0.15, 0.2) is 0 Å². The first-order chi connectivity index (χ1) is 6.68. The van der Waals surface area contributed by atoms with Crippen molar-refractivity contribution < 1.29 is 4.39 Å². The van der Waals surface area contributed by atoms with Crippen molar-refractivity contribution in [1.82, 2.24) is 9.55 Å². The highest BCUT2D eigenvalue weighted by atomic mass is 19.1. The van der Waals surface area contributed by atoms with E-state index in [1.807, 2.05) is 24.6 Å². The largest absolute Gasteiger partial charge is 0.337 e. The van der Waals surface area contributed by atoms with Crippen LogP contribution in [0.1, 0.15) is 5.69 Å². The van der Waals surface area contributed by atoms with Gasteiger partial charge >= 0.3 is 0 Å². The number of benzene rings is 1. The maximum Gasteiger partial charge on any atom is 0.123 e. The summed E-state index contributed by atoms with van der Waals surface area (Å²) in [7, 11) is 1.92. The number of aryl methyl sites for hydroxylation is 1. The summed E-state index contributed by atoms with van der Waals surface area (Å²) in [6.45, 7) is 1.97. The molecule has 0 fully saturated rings. The molecular formula is C11H11FN2. The van der Waals surface area contributed by atoms with E-state index in [-0.39, 0.29) is 5.82 Å². The summed E-state index contributed by atoms with van der Waals surface area (Å²) >= 11 is 0. The zero-order valence-electron chi connectivity index (χ0n) is 8.16. The Bertz CT molecular complexity index is 460. The van der Waals surface area contributed by atoms with Crippen molar-refractivity contribution in [2.45, 2.75) is 6.92 Å². The molecule has 0 aliphatic rings. The zero-order valence-corrected chi connectivity index (χ0v) is 8.16. The average Bonchev–Trinajstić information content (AvgIpc) is 2.48. The Balaban J connectivity index is 2.55. The molecule has 0 aliphatic carbocycles. The van der Waals surface area contributed by atoms with Crippen LogP contribution in [0.4, 0.5) is 4.39 Å². The van der Waals surface area contributed by atoms with Crippen LogP contribution >= 0.6 is 0 Å². The summed E-state index contributed by atoms with van der Waals surface area (Å²) in [5, 5.41) is 0. The molecule has 0 unspecified atom stereocenters. The predicted octanol–water partition coefficient (Wildman–Crippen LogP) is 2.53. The molecule has 0 atom stereocenters. The lowest BCUT2D eigenvalue weighted by Gasteiger charge is -2.00. The van der Waals surface area contributed by atoms with Crippen LogP contribution in [0.25, 0.3) is 11.3 Å². The van der Waals surface area contributed by atoms with Gasteiger partial charge in [0, 0.05) is 18.3 Å². The Morgan fingerprint density at radius 2 is 2.14 bits per heavy atom. The number of rotatable bonds is 1. The van der Waals surface area contributed by atoms with E-state index in [1.54, 1.807) is 12.4 Å². The van der Waals surface area contributed by atoms with Gasteiger partial charge in [-0.3, -0.25) is 0 Å². The van der Waals surface area contributed by atoms with E-state index in [0.29, 0.717) is 0 Å². The van der Waals surface area contributed by atoms with Crippen LogP contribution in [0.15, 0.2) is 30.6 Å². The summed E-state index contributed by atoms with van der Waals surface area (Å²) in [6.07, 6.45) is 1.73. The van der Waals surface area contributed by atoms with E-state index in [2.05, 4.69) is 4.98 Å². The second-order valence-electron chi connectivity index (χ2n) is 3.30. The van der Waals surface area contributed by atoms with Crippen LogP contribution in [0, 0.1) is 12.7 Å². The maximum atomic E-state index is 13.0. The summed E-state index contributed by atoms with van der Waals surface area (Å²) < 4.78 is 14.9. The molecule has 0 saturated carbocycles. The van der Waals surface area contributed by atoms with Crippen molar-refractivity contribution in [1.29, 1.82) is 0 Å². The van der Waals surface area contributed by atoms with Gasteiger partial charge in [-0.15, -0.1) is 0 Å². The van der Waals surface area contributed by atoms with E-state index in [1.165, 1.54) is 12.1 Å². The first-order valence-corrected chi connectivity index (χ1v) is 4.42. The van der Waals surface area contributed by atoms with Gasteiger partial charge in [0.2, 0.25) is 0 Å². The van der Waals surface area contributed by atoms with Gasteiger partial charge in [0.05, 0.1) is 12.0 Å². The monoisotopic (exact) mass is 190 g/mol. The normalized spacial score (nSPS) is 10.5. The Labute approximate surface area is 82.0 Å². The summed E-state index contributed by atoms with van der Waals surface area (Å²) in [5.41, 5.74) is 2.70. The highest BCUT2D eigenvalue weighted by Crippen LogP contribution is 2.21. The number of imidazole rings is 1. The SMILES string of the molecule is Cc1c(-c2cccc(F)c2)ncn1C. The summed E-state index contributed by atoms with van der Waals surface area (Å²) in [4.78, 5) is 4.22. The molecule has 2 rings (SSSR count). The minimum absolute atomic E-state index is 0.229. The fourth-order valence-electron chi connectivity index (χ4n) is 1.41.